The first kappa shape index (κ1) is 13.6. The Morgan fingerprint density at radius 3 is 2.85 bits per heavy atom. The summed E-state index contributed by atoms with van der Waals surface area (Å²) in [4.78, 5) is 4.13. The molecule has 1 N–H and O–H groups in total. The molecule has 0 aliphatic carbocycles. The van der Waals surface area contributed by atoms with Crippen LogP contribution >= 0.6 is 0 Å². The number of phenols is 1. The fourth-order valence-electron chi connectivity index (χ4n) is 1.77. The molecule has 4 heteroatoms. The molecule has 0 aliphatic heterocycles. The Kier molecular flexibility index (Phi) is 4.35. The first-order valence-electron chi connectivity index (χ1n) is 6.24. The number of phenolic OH excluding ortho intramolecular Hbond substituents is 1. The van der Waals surface area contributed by atoms with Gasteiger partial charge < -0.3 is 9.84 Å². The van der Waals surface area contributed by atoms with E-state index in [9.17, 15) is 10.4 Å². The highest BCUT2D eigenvalue weighted by molar-refractivity contribution is 5.89. The molecular formula is C16H14N2O2. The number of nitriles is 1. The van der Waals surface area contributed by atoms with Crippen LogP contribution in [0.3, 0.4) is 0 Å². The predicted octanol–water partition coefficient (Wildman–Crippen LogP) is 3.25. The van der Waals surface area contributed by atoms with Gasteiger partial charge >= 0.3 is 0 Å². The smallest absolute Gasteiger partial charge is 0.165 e. The molecular weight excluding hydrogens is 252 g/mol. The molecule has 0 spiro atoms. The van der Waals surface area contributed by atoms with Gasteiger partial charge in [0.25, 0.3) is 0 Å². The second-order valence-corrected chi connectivity index (χ2v) is 4.01. The average molecular weight is 266 g/mol. The first-order chi connectivity index (χ1) is 9.76. The summed E-state index contributed by atoms with van der Waals surface area (Å²) in [5.41, 5.74) is 1.48. The highest BCUT2D eigenvalue weighted by atomic mass is 16.5. The summed E-state index contributed by atoms with van der Waals surface area (Å²) in [6.45, 7) is 2.31. The summed E-state index contributed by atoms with van der Waals surface area (Å²) in [5, 5.41) is 19.3. The quantitative estimate of drug-likeness (QED) is 0.863. The molecule has 0 amide bonds. The Hall–Kier alpha value is -2.80. The molecule has 1 aromatic heterocycles. The van der Waals surface area contributed by atoms with E-state index in [-0.39, 0.29) is 5.75 Å². The van der Waals surface area contributed by atoms with E-state index in [0.717, 1.165) is 0 Å². The van der Waals surface area contributed by atoms with Crippen LogP contribution in [0.15, 0.2) is 42.6 Å². The lowest BCUT2D eigenvalue weighted by molar-refractivity contribution is 0.318. The number of allylic oxidation sites excluding steroid dienone is 1. The Morgan fingerprint density at radius 1 is 1.35 bits per heavy atom. The highest BCUT2D eigenvalue weighted by Gasteiger charge is 2.08. The number of para-hydroxylation sites is 1. The third kappa shape index (κ3) is 2.96. The lowest BCUT2D eigenvalue weighted by Gasteiger charge is -2.08. The molecule has 20 heavy (non-hydrogen) atoms. The van der Waals surface area contributed by atoms with Crippen LogP contribution in [0.4, 0.5) is 0 Å². The van der Waals surface area contributed by atoms with Crippen molar-refractivity contribution in [3.63, 3.8) is 0 Å². The molecule has 0 saturated heterocycles. The van der Waals surface area contributed by atoms with Crippen molar-refractivity contribution in [3.05, 3.63) is 53.9 Å². The van der Waals surface area contributed by atoms with Crippen LogP contribution in [0, 0.1) is 11.3 Å². The molecule has 0 bridgehead atoms. The van der Waals surface area contributed by atoms with Gasteiger partial charge in [0.15, 0.2) is 11.5 Å². The predicted molar refractivity (Wildman–Crippen MR) is 77.0 cm³/mol. The summed E-state index contributed by atoms with van der Waals surface area (Å²) in [6.07, 6.45) is 3.22. The number of nitrogens with zero attached hydrogens (tertiary/aromatic N) is 2. The number of hydrogen-bond donors (Lipinski definition) is 1. The van der Waals surface area contributed by atoms with Crippen LogP contribution < -0.4 is 4.74 Å². The van der Waals surface area contributed by atoms with E-state index in [1.54, 1.807) is 42.6 Å². The Morgan fingerprint density at radius 2 is 2.20 bits per heavy atom. The molecule has 1 aromatic carbocycles. The summed E-state index contributed by atoms with van der Waals surface area (Å²) < 4.78 is 5.32. The zero-order chi connectivity index (χ0) is 14.4. The van der Waals surface area contributed by atoms with Crippen LogP contribution in [-0.4, -0.2) is 16.7 Å². The van der Waals surface area contributed by atoms with Gasteiger partial charge in [0.1, 0.15) is 6.07 Å². The van der Waals surface area contributed by atoms with Crippen molar-refractivity contribution in [1.82, 2.24) is 4.98 Å². The molecule has 0 radical (unpaired) electrons. The van der Waals surface area contributed by atoms with Gasteiger partial charge in [0, 0.05) is 11.8 Å². The molecule has 0 atom stereocenters. The minimum atomic E-state index is 0.0260. The SMILES string of the molecule is CCOc1cccc(C=C(C#N)c2ccccn2)c1O. The van der Waals surface area contributed by atoms with E-state index in [2.05, 4.69) is 11.1 Å². The van der Waals surface area contributed by atoms with Gasteiger partial charge in [-0.15, -0.1) is 0 Å². The number of hydrogen-bond acceptors (Lipinski definition) is 4. The van der Waals surface area contributed by atoms with Gasteiger partial charge in [0.2, 0.25) is 0 Å². The van der Waals surface area contributed by atoms with Gasteiger partial charge in [-0.05, 0) is 31.2 Å². The highest BCUT2D eigenvalue weighted by Crippen LogP contribution is 2.32. The lowest BCUT2D eigenvalue weighted by atomic mass is 10.1. The average Bonchev–Trinajstić information content (AvgIpc) is 2.49. The van der Waals surface area contributed by atoms with E-state index in [1.165, 1.54) is 0 Å². The van der Waals surface area contributed by atoms with Crippen molar-refractivity contribution in [3.8, 4) is 17.6 Å². The maximum Gasteiger partial charge on any atom is 0.165 e. The minimum Gasteiger partial charge on any atom is -0.504 e. The van der Waals surface area contributed by atoms with Crippen LogP contribution in [0.5, 0.6) is 11.5 Å². The zero-order valence-corrected chi connectivity index (χ0v) is 11.1. The van der Waals surface area contributed by atoms with Gasteiger partial charge in [0.05, 0.1) is 17.9 Å². The number of aromatic hydroxyl groups is 1. The molecule has 1 heterocycles. The van der Waals surface area contributed by atoms with E-state index < -0.39 is 0 Å². The van der Waals surface area contributed by atoms with E-state index in [0.29, 0.717) is 29.2 Å². The fourth-order valence-corrected chi connectivity index (χ4v) is 1.77. The van der Waals surface area contributed by atoms with Crippen LogP contribution in [0.25, 0.3) is 11.6 Å². The van der Waals surface area contributed by atoms with Gasteiger partial charge in [-0.25, -0.2) is 0 Å². The normalized spacial score (nSPS) is 10.9. The van der Waals surface area contributed by atoms with E-state index >= 15 is 0 Å². The molecule has 0 unspecified atom stereocenters. The second-order valence-electron chi connectivity index (χ2n) is 4.01. The Bertz CT molecular complexity index is 658. The van der Waals surface area contributed by atoms with Crippen LogP contribution in [0.1, 0.15) is 18.2 Å². The van der Waals surface area contributed by atoms with Gasteiger partial charge in [-0.1, -0.05) is 18.2 Å². The third-order valence-electron chi connectivity index (χ3n) is 2.69. The summed E-state index contributed by atoms with van der Waals surface area (Å²) in [5.74, 6) is 0.428. The van der Waals surface area contributed by atoms with E-state index in [4.69, 9.17) is 4.74 Å². The van der Waals surface area contributed by atoms with E-state index in [1.807, 2.05) is 13.0 Å². The molecule has 4 nitrogen and oxygen atoms in total. The monoisotopic (exact) mass is 266 g/mol. The number of benzene rings is 1. The summed E-state index contributed by atoms with van der Waals surface area (Å²) in [6, 6.07) is 12.6. The summed E-state index contributed by atoms with van der Waals surface area (Å²) in [7, 11) is 0. The molecule has 0 saturated carbocycles. The molecule has 2 rings (SSSR count). The number of ether oxygens (including phenoxy) is 1. The first-order valence-corrected chi connectivity index (χ1v) is 6.24. The number of aromatic nitrogens is 1. The standard InChI is InChI=1S/C16H14N2O2/c1-2-20-15-8-5-6-12(16(15)19)10-13(11-17)14-7-3-4-9-18-14/h3-10,19H,2H2,1H3. The topological polar surface area (TPSA) is 66.1 Å². The third-order valence-corrected chi connectivity index (χ3v) is 2.69. The zero-order valence-electron chi connectivity index (χ0n) is 11.1. The van der Waals surface area contributed by atoms with Gasteiger partial charge in [-0.2, -0.15) is 5.26 Å². The molecule has 0 aliphatic rings. The number of pyridine rings is 1. The van der Waals surface area contributed by atoms with Crippen molar-refractivity contribution < 1.29 is 9.84 Å². The molecule has 100 valence electrons. The van der Waals surface area contributed by atoms with Crippen molar-refractivity contribution in [1.29, 1.82) is 5.26 Å². The minimum absolute atomic E-state index is 0.0260. The van der Waals surface area contributed by atoms with Crippen molar-refractivity contribution in [2.75, 3.05) is 6.61 Å². The van der Waals surface area contributed by atoms with Crippen LogP contribution in [-0.2, 0) is 0 Å². The Labute approximate surface area is 117 Å². The Balaban J connectivity index is 2.44. The van der Waals surface area contributed by atoms with Crippen molar-refractivity contribution >= 4 is 11.6 Å². The second kappa shape index (κ2) is 6.39. The maximum absolute atomic E-state index is 10.1. The largest absolute Gasteiger partial charge is 0.504 e. The molecule has 2 aromatic rings. The maximum atomic E-state index is 10.1. The van der Waals surface area contributed by atoms with Crippen LogP contribution in [0.2, 0.25) is 0 Å². The van der Waals surface area contributed by atoms with Crippen molar-refractivity contribution in [2.45, 2.75) is 6.92 Å². The summed E-state index contributed by atoms with van der Waals surface area (Å²) >= 11 is 0. The van der Waals surface area contributed by atoms with Gasteiger partial charge in [-0.3, -0.25) is 4.98 Å². The molecule has 0 fully saturated rings. The fraction of sp³-hybridized carbons (Fsp3) is 0.125. The van der Waals surface area contributed by atoms with Crippen molar-refractivity contribution in [2.24, 2.45) is 0 Å². The number of rotatable bonds is 4. The lowest BCUT2D eigenvalue weighted by Crippen LogP contribution is -1.93.